The topological polar surface area (TPSA) is 69.6 Å². The van der Waals surface area contributed by atoms with E-state index >= 15 is 0 Å². The van der Waals surface area contributed by atoms with Crippen molar-refractivity contribution >= 4 is 11.6 Å². The average Bonchev–Trinajstić information content (AvgIpc) is 2.57. The molecule has 2 rings (SSSR count). The molecule has 0 fully saturated rings. The SMILES string of the molecule is Cc1nn(-c2cncc(CN)n2)c(C)c1Cl. The minimum atomic E-state index is 0.355. The summed E-state index contributed by atoms with van der Waals surface area (Å²) in [6.07, 6.45) is 3.27. The molecule has 0 radical (unpaired) electrons. The number of nitrogens with two attached hydrogens (primary N) is 1. The van der Waals surface area contributed by atoms with Gasteiger partial charge in [-0.15, -0.1) is 0 Å². The second kappa shape index (κ2) is 4.19. The van der Waals surface area contributed by atoms with Gasteiger partial charge in [-0.2, -0.15) is 5.10 Å². The summed E-state index contributed by atoms with van der Waals surface area (Å²) < 4.78 is 1.67. The highest BCUT2D eigenvalue weighted by Gasteiger charge is 2.11. The van der Waals surface area contributed by atoms with Gasteiger partial charge in [0.1, 0.15) is 0 Å². The maximum absolute atomic E-state index is 6.07. The number of aromatic nitrogens is 4. The summed E-state index contributed by atoms with van der Waals surface area (Å²) in [5.41, 5.74) is 7.86. The molecule has 0 aliphatic rings. The normalized spacial score (nSPS) is 10.8. The molecule has 84 valence electrons. The van der Waals surface area contributed by atoms with Crippen LogP contribution >= 0.6 is 11.6 Å². The summed E-state index contributed by atoms with van der Waals surface area (Å²) in [4.78, 5) is 8.40. The highest BCUT2D eigenvalue weighted by atomic mass is 35.5. The van der Waals surface area contributed by atoms with Crippen molar-refractivity contribution in [1.29, 1.82) is 0 Å². The van der Waals surface area contributed by atoms with Crippen LogP contribution in [0.5, 0.6) is 0 Å². The van der Waals surface area contributed by atoms with Gasteiger partial charge < -0.3 is 5.73 Å². The van der Waals surface area contributed by atoms with Gasteiger partial charge in [0.25, 0.3) is 0 Å². The van der Waals surface area contributed by atoms with Crippen molar-refractivity contribution in [2.75, 3.05) is 0 Å². The summed E-state index contributed by atoms with van der Waals surface area (Å²) in [6, 6.07) is 0. The van der Waals surface area contributed by atoms with Crippen LogP contribution < -0.4 is 5.73 Å². The zero-order valence-corrected chi connectivity index (χ0v) is 9.86. The summed E-state index contributed by atoms with van der Waals surface area (Å²) in [5, 5.41) is 4.95. The summed E-state index contributed by atoms with van der Waals surface area (Å²) >= 11 is 6.07. The van der Waals surface area contributed by atoms with Crippen LogP contribution in [0.4, 0.5) is 0 Å². The first kappa shape index (κ1) is 11.0. The van der Waals surface area contributed by atoms with E-state index in [2.05, 4.69) is 15.1 Å². The third-order valence-electron chi connectivity index (χ3n) is 2.30. The molecular weight excluding hydrogens is 226 g/mol. The van der Waals surface area contributed by atoms with Crippen molar-refractivity contribution in [3.05, 3.63) is 34.5 Å². The predicted molar refractivity (Wildman–Crippen MR) is 61.5 cm³/mol. The van der Waals surface area contributed by atoms with Gasteiger partial charge in [0, 0.05) is 12.7 Å². The van der Waals surface area contributed by atoms with Gasteiger partial charge in [0.05, 0.1) is 28.3 Å². The minimum Gasteiger partial charge on any atom is -0.325 e. The Labute approximate surface area is 98.3 Å². The number of hydrogen-bond donors (Lipinski definition) is 1. The first-order chi connectivity index (χ1) is 7.63. The van der Waals surface area contributed by atoms with Crippen LogP contribution in [0.2, 0.25) is 5.02 Å². The lowest BCUT2D eigenvalue weighted by molar-refractivity contribution is 0.784. The molecule has 16 heavy (non-hydrogen) atoms. The zero-order valence-electron chi connectivity index (χ0n) is 9.11. The first-order valence-corrected chi connectivity index (χ1v) is 5.24. The largest absolute Gasteiger partial charge is 0.325 e. The summed E-state index contributed by atoms with van der Waals surface area (Å²) in [6.45, 7) is 4.10. The number of halogens is 1. The lowest BCUT2D eigenvalue weighted by atomic mass is 10.4. The molecule has 2 aromatic heterocycles. The van der Waals surface area contributed by atoms with E-state index in [1.807, 2.05) is 13.8 Å². The smallest absolute Gasteiger partial charge is 0.172 e. The molecule has 0 aliphatic heterocycles. The lowest BCUT2D eigenvalue weighted by Gasteiger charge is -2.03. The summed E-state index contributed by atoms with van der Waals surface area (Å²) in [5.74, 6) is 0.635. The second-order valence-electron chi connectivity index (χ2n) is 3.47. The Morgan fingerprint density at radius 3 is 2.69 bits per heavy atom. The fraction of sp³-hybridized carbons (Fsp3) is 0.300. The second-order valence-corrected chi connectivity index (χ2v) is 3.85. The van der Waals surface area contributed by atoms with Gasteiger partial charge in [-0.05, 0) is 13.8 Å². The van der Waals surface area contributed by atoms with Crippen LogP contribution in [0.3, 0.4) is 0 Å². The number of nitrogens with zero attached hydrogens (tertiary/aromatic N) is 4. The van der Waals surface area contributed by atoms with Crippen LogP contribution in [-0.4, -0.2) is 19.7 Å². The molecular formula is C10H12ClN5. The molecule has 0 saturated carbocycles. The number of aryl methyl sites for hydroxylation is 1. The highest BCUT2D eigenvalue weighted by Crippen LogP contribution is 2.21. The Morgan fingerprint density at radius 2 is 2.12 bits per heavy atom. The molecule has 6 heteroatoms. The molecule has 2 aromatic rings. The Kier molecular flexibility index (Phi) is 2.89. The standard InChI is InChI=1S/C10H12ClN5/c1-6-10(11)7(2)16(15-6)9-5-13-4-8(3-12)14-9/h4-5H,3,12H2,1-2H3. The molecule has 0 amide bonds. The van der Waals surface area contributed by atoms with Crippen molar-refractivity contribution in [1.82, 2.24) is 19.7 Å². The maximum Gasteiger partial charge on any atom is 0.172 e. The number of rotatable bonds is 2. The van der Waals surface area contributed by atoms with Crippen LogP contribution in [0.1, 0.15) is 17.1 Å². The van der Waals surface area contributed by atoms with Crippen LogP contribution in [0, 0.1) is 13.8 Å². The van der Waals surface area contributed by atoms with Gasteiger partial charge >= 0.3 is 0 Å². The fourth-order valence-corrected chi connectivity index (χ4v) is 1.56. The first-order valence-electron chi connectivity index (χ1n) is 4.86. The fourth-order valence-electron chi connectivity index (χ4n) is 1.44. The zero-order chi connectivity index (χ0) is 11.7. The Hall–Kier alpha value is -1.46. The third kappa shape index (κ3) is 1.79. The Morgan fingerprint density at radius 1 is 1.38 bits per heavy atom. The van der Waals surface area contributed by atoms with Gasteiger partial charge in [0.2, 0.25) is 0 Å². The molecule has 2 N–H and O–H groups in total. The van der Waals surface area contributed by atoms with Crippen molar-refractivity contribution in [2.45, 2.75) is 20.4 Å². The molecule has 0 unspecified atom stereocenters. The molecule has 0 saturated heterocycles. The monoisotopic (exact) mass is 237 g/mol. The average molecular weight is 238 g/mol. The molecule has 0 aromatic carbocycles. The van der Waals surface area contributed by atoms with E-state index in [9.17, 15) is 0 Å². The van der Waals surface area contributed by atoms with Crippen molar-refractivity contribution in [3.63, 3.8) is 0 Å². The molecule has 0 spiro atoms. The lowest BCUT2D eigenvalue weighted by Crippen LogP contribution is -2.07. The van der Waals surface area contributed by atoms with Crippen molar-refractivity contribution < 1.29 is 0 Å². The Bertz CT molecular complexity index is 520. The van der Waals surface area contributed by atoms with Crippen molar-refractivity contribution in [2.24, 2.45) is 5.73 Å². The van der Waals surface area contributed by atoms with E-state index < -0.39 is 0 Å². The van der Waals surface area contributed by atoms with Crippen LogP contribution in [0.25, 0.3) is 5.82 Å². The van der Waals surface area contributed by atoms with E-state index in [0.29, 0.717) is 17.4 Å². The summed E-state index contributed by atoms with van der Waals surface area (Å²) in [7, 11) is 0. The Balaban J connectivity index is 2.54. The molecule has 0 bridgehead atoms. The molecule has 5 nitrogen and oxygen atoms in total. The van der Waals surface area contributed by atoms with E-state index in [0.717, 1.165) is 17.1 Å². The van der Waals surface area contributed by atoms with E-state index in [1.165, 1.54) is 0 Å². The highest BCUT2D eigenvalue weighted by molar-refractivity contribution is 6.31. The van der Waals surface area contributed by atoms with E-state index in [4.69, 9.17) is 17.3 Å². The van der Waals surface area contributed by atoms with Crippen molar-refractivity contribution in [3.8, 4) is 5.82 Å². The quantitative estimate of drug-likeness (QED) is 0.857. The van der Waals surface area contributed by atoms with Gasteiger partial charge in [-0.1, -0.05) is 11.6 Å². The van der Waals surface area contributed by atoms with Crippen LogP contribution in [0.15, 0.2) is 12.4 Å². The predicted octanol–water partition coefficient (Wildman–Crippen LogP) is 1.39. The van der Waals surface area contributed by atoms with Gasteiger partial charge in [0.15, 0.2) is 5.82 Å². The maximum atomic E-state index is 6.07. The van der Waals surface area contributed by atoms with E-state index in [1.54, 1.807) is 17.1 Å². The van der Waals surface area contributed by atoms with Gasteiger partial charge in [-0.3, -0.25) is 4.98 Å². The van der Waals surface area contributed by atoms with Gasteiger partial charge in [-0.25, -0.2) is 9.67 Å². The molecule has 2 heterocycles. The van der Waals surface area contributed by atoms with E-state index in [-0.39, 0.29) is 0 Å². The minimum absolute atomic E-state index is 0.355. The molecule has 0 atom stereocenters. The van der Waals surface area contributed by atoms with Crippen LogP contribution in [-0.2, 0) is 6.54 Å². The number of hydrogen-bond acceptors (Lipinski definition) is 4. The molecule has 0 aliphatic carbocycles. The third-order valence-corrected chi connectivity index (χ3v) is 2.85.